The van der Waals surface area contributed by atoms with Crippen molar-refractivity contribution in [2.24, 2.45) is 0 Å². The number of methoxy groups -OCH3 is 1. The topological polar surface area (TPSA) is 125 Å². The number of fused-ring (bicyclic) bond motifs is 1. The van der Waals surface area contributed by atoms with E-state index in [2.05, 4.69) is 9.72 Å². The van der Waals surface area contributed by atoms with Crippen LogP contribution >= 0.6 is 0 Å². The first kappa shape index (κ1) is 17.3. The summed E-state index contributed by atoms with van der Waals surface area (Å²) in [6.45, 7) is -0.851. The summed E-state index contributed by atoms with van der Waals surface area (Å²) in [6, 6.07) is 6.10. The highest BCUT2D eigenvalue weighted by Crippen LogP contribution is 2.22. The van der Waals surface area contributed by atoms with Gasteiger partial charge in [-0.3, -0.25) is 9.59 Å². The number of carbonyl (C=O) groups excluding carboxylic acids is 4. The lowest BCUT2D eigenvalue weighted by Crippen LogP contribution is -2.34. The lowest BCUT2D eigenvalue weighted by Gasteiger charge is -2.12. The van der Waals surface area contributed by atoms with Crippen LogP contribution in [0.25, 0.3) is 0 Å². The third-order valence-corrected chi connectivity index (χ3v) is 3.42. The van der Waals surface area contributed by atoms with Gasteiger partial charge in [0.05, 0.1) is 18.2 Å². The first-order chi connectivity index (χ1) is 12.5. The van der Waals surface area contributed by atoms with E-state index in [4.69, 9.17) is 14.0 Å². The lowest BCUT2D eigenvalue weighted by atomic mass is 10.1. The molecule has 10 heteroatoms. The molecule has 0 aliphatic carbocycles. The van der Waals surface area contributed by atoms with Crippen molar-refractivity contribution >= 4 is 23.8 Å². The first-order valence-electron chi connectivity index (χ1n) is 7.30. The molecule has 134 valence electrons. The van der Waals surface area contributed by atoms with Gasteiger partial charge in [0, 0.05) is 0 Å². The minimum absolute atomic E-state index is 0.0605. The molecule has 0 atom stereocenters. The number of rotatable bonds is 6. The Morgan fingerprint density at radius 3 is 2.42 bits per heavy atom. The molecule has 1 aromatic heterocycles. The van der Waals surface area contributed by atoms with Crippen LogP contribution in [-0.4, -0.2) is 47.5 Å². The number of ether oxygens (including phenoxy) is 2. The lowest BCUT2D eigenvalue weighted by molar-refractivity contribution is -0.174. The summed E-state index contributed by atoms with van der Waals surface area (Å²) >= 11 is 0. The van der Waals surface area contributed by atoms with E-state index in [1.54, 1.807) is 12.1 Å². The molecule has 2 aromatic rings. The second-order valence-electron chi connectivity index (χ2n) is 5.02. The van der Waals surface area contributed by atoms with Crippen LogP contribution in [0.4, 0.5) is 0 Å². The summed E-state index contributed by atoms with van der Waals surface area (Å²) in [5.74, 6) is -3.10. The van der Waals surface area contributed by atoms with Crippen molar-refractivity contribution in [3.63, 3.8) is 0 Å². The summed E-state index contributed by atoms with van der Waals surface area (Å²) in [6.07, 6.45) is 1.03. The summed E-state index contributed by atoms with van der Waals surface area (Å²) < 4.78 is 14.6. The van der Waals surface area contributed by atoms with Crippen molar-refractivity contribution in [2.75, 3.05) is 13.7 Å². The zero-order chi connectivity index (χ0) is 18.7. The molecule has 3 rings (SSSR count). The van der Waals surface area contributed by atoms with E-state index in [9.17, 15) is 19.2 Å². The predicted octanol–water partition coefficient (Wildman–Crippen LogP) is 0.732. The summed E-state index contributed by atoms with van der Waals surface area (Å²) in [5, 5.41) is 0.380. The summed E-state index contributed by atoms with van der Waals surface area (Å²) in [5.41, 5.74) is 0.215. The number of hydrogen-bond acceptors (Lipinski definition) is 9. The normalized spacial score (nSPS) is 12.9. The second-order valence-corrected chi connectivity index (χ2v) is 5.02. The fraction of sp³-hybridized carbons (Fsp3) is 0.188. The van der Waals surface area contributed by atoms with Gasteiger partial charge in [-0.2, -0.15) is 0 Å². The van der Waals surface area contributed by atoms with E-state index < -0.39 is 30.4 Å². The molecule has 0 spiro atoms. The molecule has 1 aliphatic rings. The number of aromatic nitrogens is 1. The third-order valence-electron chi connectivity index (χ3n) is 3.42. The van der Waals surface area contributed by atoms with Gasteiger partial charge in [-0.1, -0.05) is 17.2 Å². The van der Waals surface area contributed by atoms with Crippen molar-refractivity contribution in [2.45, 2.75) is 6.61 Å². The quantitative estimate of drug-likeness (QED) is 0.541. The SMILES string of the molecule is COC(=O)c1ncoc1COCC(=O)ON1C(=O)c2ccccc2C1=O. The number of esters is 1. The minimum Gasteiger partial charge on any atom is -0.464 e. The third kappa shape index (κ3) is 3.17. The van der Waals surface area contributed by atoms with Crippen LogP contribution in [0, 0.1) is 0 Å². The molecule has 0 radical (unpaired) electrons. The van der Waals surface area contributed by atoms with E-state index in [0.29, 0.717) is 5.06 Å². The van der Waals surface area contributed by atoms with Gasteiger partial charge in [0.15, 0.2) is 17.8 Å². The van der Waals surface area contributed by atoms with Crippen molar-refractivity contribution in [3.05, 3.63) is 53.2 Å². The highest BCUT2D eigenvalue weighted by Gasteiger charge is 2.38. The van der Waals surface area contributed by atoms with E-state index in [1.165, 1.54) is 19.2 Å². The fourth-order valence-electron chi connectivity index (χ4n) is 2.24. The molecule has 0 fully saturated rings. The molecule has 26 heavy (non-hydrogen) atoms. The smallest absolute Gasteiger partial charge is 0.360 e. The fourth-order valence-corrected chi connectivity index (χ4v) is 2.24. The zero-order valence-electron chi connectivity index (χ0n) is 13.5. The van der Waals surface area contributed by atoms with E-state index in [1.807, 2.05) is 0 Å². The Morgan fingerprint density at radius 2 is 1.81 bits per heavy atom. The maximum atomic E-state index is 12.1. The Morgan fingerprint density at radius 1 is 1.15 bits per heavy atom. The number of imide groups is 1. The Hall–Kier alpha value is -3.53. The Labute approximate surface area is 146 Å². The van der Waals surface area contributed by atoms with Gasteiger partial charge in [-0.05, 0) is 12.1 Å². The average Bonchev–Trinajstić information content (AvgIpc) is 3.20. The van der Waals surface area contributed by atoms with Crippen LogP contribution in [0.2, 0.25) is 0 Å². The van der Waals surface area contributed by atoms with Crippen LogP contribution in [0.15, 0.2) is 35.1 Å². The van der Waals surface area contributed by atoms with Crippen LogP contribution in [0.5, 0.6) is 0 Å². The molecule has 0 unspecified atom stereocenters. The molecule has 2 heterocycles. The Balaban J connectivity index is 1.55. The minimum atomic E-state index is -0.973. The molecular weight excluding hydrogens is 348 g/mol. The second kappa shape index (κ2) is 7.15. The Bertz CT molecular complexity index is 853. The maximum Gasteiger partial charge on any atom is 0.360 e. The van der Waals surface area contributed by atoms with Gasteiger partial charge in [0.1, 0.15) is 13.2 Å². The first-order valence-corrected chi connectivity index (χ1v) is 7.30. The van der Waals surface area contributed by atoms with Gasteiger partial charge in [-0.15, -0.1) is 0 Å². The van der Waals surface area contributed by atoms with Gasteiger partial charge in [0.25, 0.3) is 11.8 Å². The van der Waals surface area contributed by atoms with E-state index >= 15 is 0 Å². The molecule has 0 bridgehead atoms. The van der Waals surface area contributed by atoms with Crippen molar-refractivity contribution in [3.8, 4) is 0 Å². The molecule has 0 saturated heterocycles. The molecule has 0 N–H and O–H groups in total. The molecule has 1 aromatic carbocycles. The van der Waals surface area contributed by atoms with E-state index in [0.717, 1.165) is 6.39 Å². The predicted molar refractivity (Wildman–Crippen MR) is 80.5 cm³/mol. The molecule has 0 saturated carbocycles. The number of nitrogens with zero attached hydrogens (tertiary/aromatic N) is 2. The highest BCUT2D eigenvalue weighted by molar-refractivity contribution is 6.20. The number of carbonyl (C=O) groups is 4. The van der Waals surface area contributed by atoms with Crippen LogP contribution < -0.4 is 0 Å². The van der Waals surface area contributed by atoms with Gasteiger partial charge >= 0.3 is 11.9 Å². The number of amides is 2. The Kier molecular flexibility index (Phi) is 4.76. The molecule has 2 amide bonds. The van der Waals surface area contributed by atoms with Crippen molar-refractivity contribution < 1.29 is 37.9 Å². The monoisotopic (exact) mass is 360 g/mol. The highest BCUT2D eigenvalue weighted by atomic mass is 16.7. The number of benzene rings is 1. The van der Waals surface area contributed by atoms with Gasteiger partial charge < -0.3 is 18.7 Å². The standard InChI is InChI=1S/C16H12N2O8/c1-23-16(22)13-11(25-8-17-13)6-24-7-12(19)26-18-14(20)9-4-2-3-5-10(9)15(18)21/h2-5,8H,6-7H2,1H3. The molecule has 1 aliphatic heterocycles. The van der Waals surface area contributed by atoms with Gasteiger partial charge in [-0.25, -0.2) is 14.6 Å². The van der Waals surface area contributed by atoms with E-state index in [-0.39, 0.29) is 29.2 Å². The van der Waals surface area contributed by atoms with Crippen molar-refractivity contribution in [1.82, 2.24) is 10.0 Å². The van der Waals surface area contributed by atoms with Crippen LogP contribution in [-0.2, 0) is 25.7 Å². The summed E-state index contributed by atoms with van der Waals surface area (Å²) in [4.78, 5) is 55.8. The molecule has 10 nitrogen and oxygen atoms in total. The number of hydroxylamine groups is 2. The summed E-state index contributed by atoms with van der Waals surface area (Å²) in [7, 11) is 1.18. The molecular formula is C16H12N2O8. The average molecular weight is 360 g/mol. The van der Waals surface area contributed by atoms with Gasteiger partial charge in [0.2, 0.25) is 0 Å². The van der Waals surface area contributed by atoms with Crippen LogP contribution in [0.1, 0.15) is 37.0 Å². The number of oxazole rings is 1. The van der Waals surface area contributed by atoms with Crippen LogP contribution in [0.3, 0.4) is 0 Å². The van der Waals surface area contributed by atoms with Crippen molar-refractivity contribution in [1.29, 1.82) is 0 Å². The largest absolute Gasteiger partial charge is 0.464 e. The number of hydrogen-bond donors (Lipinski definition) is 0. The zero-order valence-corrected chi connectivity index (χ0v) is 13.5. The maximum absolute atomic E-state index is 12.1.